The van der Waals surface area contributed by atoms with Crippen LogP contribution in [0.1, 0.15) is 6.42 Å². The molecule has 0 radical (unpaired) electrons. The van der Waals surface area contributed by atoms with Crippen LogP contribution in [0.3, 0.4) is 0 Å². The Labute approximate surface area is 149 Å². The Balaban J connectivity index is 2.25. The van der Waals surface area contributed by atoms with Crippen LogP contribution in [0, 0.1) is 11.3 Å². The smallest absolute Gasteiger partial charge is 0.242 e. The standard InChI is InChI=1S/C17H15BrN2O3S/c18-14-6-4-9-16(12-14)24(22,23)13-17(21)20(11-5-10-19)15-7-2-1-3-8-15/h1-4,6-9,12H,5,11,13H2. The van der Waals surface area contributed by atoms with Crippen LogP contribution in [0.5, 0.6) is 0 Å². The summed E-state index contributed by atoms with van der Waals surface area (Å²) < 4.78 is 25.6. The normalized spacial score (nSPS) is 10.8. The summed E-state index contributed by atoms with van der Waals surface area (Å²) in [5.41, 5.74) is 0.571. The second-order valence-electron chi connectivity index (χ2n) is 5.01. The molecule has 0 spiro atoms. The van der Waals surface area contributed by atoms with Crippen LogP contribution in [-0.4, -0.2) is 26.6 Å². The van der Waals surface area contributed by atoms with E-state index in [1.165, 1.54) is 17.0 Å². The molecule has 0 aliphatic rings. The van der Waals surface area contributed by atoms with Crippen molar-refractivity contribution in [3.8, 4) is 6.07 Å². The molecule has 0 aliphatic carbocycles. The molecule has 24 heavy (non-hydrogen) atoms. The number of hydrogen-bond donors (Lipinski definition) is 0. The van der Waals surface area contributed by atoms with Crippen molar-refractivity contribution in [1.82, 2.24) is 0 Å². The first-order valence-electron chi connectivity index (χ1n) is 7.15. The van der Waals surface area contributed by atoms with Crippen molar-refractivity contribution in [3.05, 3.63) is 59.1 Å². The summed E-state index contributed by atoms with van der Waals surface area (Å²) in [4.78, 5) is 14.0. The van der Waals surface area contributed by atoms with Gasteiger partial charge >= 0.3 is 0 Å². The molecule has 5 nitrogen and oxygen atoms in total. The third kappa shape index (κ3) is 4.66. The zero-order chi connectivity index (χ0) is 17.6. The molecule has 7 heteroatoms. The molecule has 0 N–H and O–H groups in total. The van der Waals surface area contributed by atoms with Crippen molar-refractivity contribution < 1.29 is 13.2 Å². The van der Waals surface area contributed by atoms with E-state index in [0.29, 0.717) is 10.2 Å². The van der Waals surface area contributed by atoms with E-state index in [1.54, 1.807) is 42.5 Å². The van der Waals surface area contributed by atoms with Crippen LogP contribution in [0.15, 0.2) is 64.0 Å². The van der Waals surface area contributed by atoms with Crippen LogP contribution in [-0.2, 0) is 14.6 Å². The maximum absolute atomic E-state index is 12.5. The molecule has 1 amide bonds. The Morgan fingerprint density at radius 3 is 2.46 bits per heavy atom. The van der Waals surface area contributed by atoms with Gasteiger partial charge in [-0.1, -0.05) is 40.2 Å². The highest BCUT2D eigenvalue weighted by Gasteiger charge is 2.24. The number of sulfone groups is 1. The van der Waals surface area contributed by atoms with Gasteiger partial charge in [-0.05, 0) is 30.3 Å². The number of para-hydroxylation sites is 1. The van der Waals surface area contributed by atoms with Crippen molar-refractivity contribution in [3.63, 3.8) is 0 Å². The van der Waals surface area contributed by atoms with Gasteiger partial charge in [0, 0.05) is 16.7 Å². The Morgan fingerprint density at radius 2 is 1.83 bits per heavy atom. The number of rotatable bonds is 6. The Hall–Kier alpha value is -2.17. The maximum Gasteiger partial charge on any atom is 0.242 e. The zero-order valence-corrected chi connectivity index (χ0v) is 15.1. The first-order chi connectivity index (χ1) is 11.4. The maximum atomic E-state index is 12.5. The van der Waals surface area contributed by atoms with Crippen molar-refractivity contribution in [2.24, 2.45) is 0 Å². The van der Waals surface area contributed by atoms with Crippen molar-refractivity contribution in [2.75, 3.05) is 17.2 Å². The van der Waals surface area contributed by atoms with Gasteiger partial charge in [0.15, 0.2) is 9.84 Å². The summed E-state index contributed by atoms with van der Waals surface area (Å²) >= 11 is 3.22. The number of nitriles is 1. The van der Waals surface area contributed by atoms with Crippen LogP contribution in [0.2, 0.25) is 0 Å². The first-order valence-corrected chi connectivity index (χ1v) is 9.59. The minimum atomic E-state index is -3.76. The van der Waals surface area contributed by atoms with E-state index in [2.05, 4.69) is 15.9 Å². The summed E-state index contributed by atoms with van der Waals surface area (Å²) in [6.45, 7) is 0.146. The van der Waals surface area contributed by atoms with Gasteiger partial charge < -0.3 is 4.90 Å². The van der Waals surface area contributed by atoms with Gasteiger partial charge in [0.1, 0.15) is 5.75 Å². The molecule has 0 fully saturated rings. The molecule has 0 saturated carbocycles. The molecule has 2 aromatic carbocycles. The van der Waals surface area contributed by atoms with Crippen molar-refractivity contribution in [2.45, 2.75) is 11.3 Å². The summed E-state index contributed by atoms with van der Waals surface area (Å²) in [6.07, 6.45) is 0.123. The number of nitrogens with zero attached hydrogens (tertiary/aromatic N) is 2. The Morgan fingerprint density at radius 1 is 1.12 bits per heavy atom. The Bertz CT molecular complexity index is 861. The van der Waals surface area contributed by atoms with Gasteiger partial charge in [-0.2, -0.15) is 5.26 Å². The SMILES string of the molecule is N#CCCN(C(=O)CS(=O)(=O)c1cccc(Br)c1)c1ccccc1. The lowest BCUT2D eigenvalue weighted by molar-refractivity contribution is -0.116. The van der Waals surface area contributed by atoms with E-state index in [4.69, 9.17) is 5.26 Å². The molecule has 2 rings (SSSR count). The van der Waals surface area contributed by atoms with Gasteiger partial charge in [-0.25, -0.2) is 8.42 Å². The predicted molar refractivity (Wildman–Crippen MR) is 95.2 cm³/mol. The number of carbonyl (C=O) groups is 1. The molecule has 0 atom stereocenters. The van der Waals surface area contributed by atoms with E-state index in [0.717, 1.165) is 0 Å². The lowest BCUT2D eigenvalue weighted by atomic mass is 10.2. The highest BCUT2D eigenvalue weighted by Crippen LogP contribution is 2.19. The van der Waals surface area contributed by atoms with E-state index in [-0.39, 0.29) is 17.9 Å². The quantitative estimate of drug-likeness (QED) is 0.737. The number of hydrogen-bond acceptors (Lipinski definition) is 4. The molecular weight excluding hydrogens is 392 g/mol. The van der Waals surface area contributed by atoms with Crippen molar-refractivity contribution in [1.29, 1.82) is 5.26 Å². The number of carbonyl (C=O) groups excluding carboxylic acids is 1. The fourth-order valence-corrected chi connectivity index (χ4v) is 3.94. The molecule has 0 heterocycles. The Kier molecular flexibility index (Phi) is 6.12. The van der Waals surface area contributed by atoms with Gasteiger partial charge in [-0.3, -0.25) is 4.79 Å². The summed E-state index contributed by atoms with van der Waals surface area (Å²) in [7, 11) is -3.76. The number of benzene rings is 2. The van der Waals surface area contributed by atoms with Gasteiger partial charge in [0.2, 0.25) is 5.91 Å². The molecule has 124 valence electrons. The van der Waals surface area contributed by atoms with Gasteiger partial charge in [0.05, 0.1) is 17.4 Å². The first kappa shape index (κ1) is 18.2. The van der Waals surface area contributed by atoms with E-state index < -0.39 is 21.5 Å². The van der Waals surface area contributed by atoms with Gasteiger partial charge in [-0.15, -0.1) is 0 Å². The molecular formula is C17H15BrN2O3S. The minimum absolute atomic E-state index is 0.0820. The fraction of sp³-hybridized carbons (Fsp3) is 0.176. The fourth-order valence-electron chi connectivity index (χ4n) is 2.15. The average Bonchev–Trinajstić information content (AvgIpc) is 2.56. The highest BCUT2D eigenvalue weighted by molar-refractivity contribution is 9.10. The summed E-state index contributed by atoms with van der Waals surface area (Å²) in [5, 5.41) is 8.77. The lowest BCUT2D eigenvalue weighted by Gasteiger charge is -2.21. The van der Waals surface area contributed by atoms with E-state index in [9.17, 15) is 13.2 Å². The topological polar surface area (TPSA) is 78.2 Å². The number of halogens is 1. The van der Waals surface area contributed by atoms with Crippen LogP contribution in [0.25, 0.3) is 0 Å². The largest absolute Gasteiger partial charge is 0.311 e. The third-order valence-corrected chi connectivity index (χ3v) is 5.38. The predicted octanol–water partition coefficient (Wildman–Crippen LogP) is 3.17. The molecule has 2 aromatic rings. The molecule has 0 bridgehead atoms. The van der Waals surface area contributed by atoms with Crippen LogP contribution >= 0.6 is 15.9 Å². The van der Waals surface area contributed by atoms with E-state index >= 15 is 0 Å². The monoisotopic (exact) mass is 406 g/mol. The van der Waals surface area contributed by atoms with Gasteiger partial charge in [0.25, 0.3) is 0 Å². The second-order valence-corrected chi connectivity index (χ2v) is 7.91. The third-order valence-electron chi connectivity index (χ3n) is 3.28. The van der Waals surface area contributed by atoms with Crippen molar-refractivity contribution >= 4 is 37.4 Å². The second kappa shape index (κ2) is 8.08. The number of anilines is 1. The van der Waals surface area contributed by atoms with E-state index in [1.807, 2.05) is 6.07 Å². The summed E-state index contributed by atoms with van der Waals surface area (Å²) in [6, 6.07) is 16.9. The molecule has 0 aliphatic heterocycles. The molecule has 0 aromatic heterocycles. The van der Waals surface area contributed by atoms with Crippen LogP contribution in [0.4, 0.5) is 5.69 Å². The zero-order valence-electron chi connectivity index (χ0n) is 12.7. The molecule has 0 saturated heterocycles. The lowest BCUT2D eigenvalue weighted by Crippen LogP contribution is -2.36. The van der Waals surface area contributed by atoms with Crippen LogP contribution < -0.4 is 4.90 Å². The average molecular weight is 407 g/mol. The summed E-state index contributed by atoms with van der Waals surface area (Å²) in [5.74, 6) is -1.21. The molecule has 0 unspecified atom stereocenters. The minimum Gasteiger partial charge on any atom is -0.311 e. The highest BCUT2D eigenvalue weighted by atomic mass is 79.9. The number of amides is 1.